The molecule has 8 heavy (non-hydrogen) atoms. The predicted octanol–water partition coefficient (Wildman–Crippen LogP) is -2.17. The van der Waals surface area contributed by atoms with E-state index in [1.807, 2.05) is 0 Å². The van der Waals surface area contributed by atoms with E-state index in [2.05, 4.69) is 0 Å². The first-order chi connectivity index (χ1) is 2.00. The number of rotatable bonds is 0. The molecule has 60 valence electrons. The van der Waals surface area contributed by atoms with Crippen molar-refractivity contribution in [1.82, 2.24) is 0 Å². The Morgan fingerprint density at radius 2 is 1.12 bits per heavy atom. The van der Waals surface area contributed by atoms with E-state index in [0.29, 0.717) is 0 Å². The van der Waals surface area contributed by atoms with Crippen LogP contribution in [0.3, 0.4) is 0 Å². The van der Waals surface area contributed by atoms with Gasteiger partial charge in [0.2, 0.25) is 0 Å². The summed E-state index contributed by atoms with van der Waals surface area (Å²) in [5.74, 6) is 0. The van der Waals surface area contributed by atoms with E-state index >= 15 is 0 Å². The van der Waals surface area contributed by atoms with Gasteiger partial charge >= 0.3 is 17.1 Å². The molecule has 2 N–H and O–H groups in total. The first-order valence-corrected chi connectivity index (χ1v) is 2.00. The molecule has 0 atom stereocenters. The molecule has 2 radical (unpaired) electrons. The van der Waals surface area contributed by atoms with Gasteiger partial charge in [-0.25, -0.2) is 0 Å². The van der Waals surface area contributed by atoms with Crippen molar-refractivity contribution in [3.8, 4) is 0 Å². The largest absolute Gasteiger partial charge is 2.00 e. The molecule has 0 unspecified atom stereocenters. The first kappa shape index (κ1) is 23.2. The van der Waals surface area contributed by atoms with Crippen LogP contribution in [0.5, 0.6) is 0 Å². The van der Waals surface area contributed by atoms with Crippen molar-refractivity contribution in [2.24, 2.45) is 0 Å². The van der Waals surface area contributed by atoms with Crippen molar-refractivity contribution in [2.45, 2.75) is 0 Å². The second-order valence-electron chi connectivity index (χ2n) is 0.408. The molecule has 0 heterocycles. The van der Waals surface area contributed by atoms with Crippen molar-refractivity contribution in [2.75, 3.05) is 0 Å². The molecule has 0 amide bonds. The van der Waals surface area contributed by atoms with Gasteiger partial charge in [0.1, 0.15) is 0 Å². The van der Waals surface area contributed by atoms with E-state index < -0.39 is 10.4 Å². The summed E-state index contributed by atoms with van der Waals surface area (Å²) in [6, 6.07) is 0. The molecule has 8 heteroatoms. The second kappa shape index (κ2) is 7.87. The summed E-state index contributed by atoms with van der Waals surface area (Å²) in [4.78, 5) is 0. The molecular formula is H2Cu2O5S. The maximum Gasteiger partial charge on any atom is 2.00 e. The molecule has 5 nitrogen and oxygen atoms in total. The van der Waals surface area contributed by atoms with Gasteiger partial charge in [-0.1, -0.05) is 0 Å². The summed E-state index contributed by atoms with van der Waals surface area (Å²) >= 11 is 0. The molecule has 0 aliphatic rings. The SMILES string of the molecule is O.O=S(=O)([O-])[O-].[Cu+2].[Cu]. The molecule has 0 aromatic carbocycles. The quantitative estimate of drug-likeness (QED) is 0.273. The third kappa shape index (κ3) is 313. The van der Waals surface area contributed by atoms with E-state index in [1.54, 1.807) is 0 Å². The zero-order chi connectivity index (χ0) is 4.50. The molecule has 0 aliphatic heterocycles. The zero-order valence-corrected chi connectivity index (χ0v) is 5.84. The van der Waals surface area contributed by atoms with Gasteiger partial charge in [-0.2, -0.15) is 0 Å². The van der Waals surface area contributed by atoms with Crippen molar-refractivity contribution < 1.29 is 57.1 Å². The Labute approximate surface area is 67.7 Å². The Morgan fingerprint density at radius 3 is 1.12 bits per heavy atom. The summed E-state index contributed by atoms with van der Waals surface area (Å²) in [5, 5.41) is 0. The van der Waals surface area contributed by atoms with Crippen LogP contribution in [0.15, 0.2) is 0 Å². The van der Waals surface area contributed by atoms with Gasteiger partial charge in [0, 0.05) is 27.5 Å². The van der Waals surface area contributed by atoms with Crippen molar-refractivity contribution in [1.29, 1.82) is 0 Å². The minimum atomic E-state index is -5.17. The molecule has 0 aromatic rings. The summed E-state index contributed by atoms with van der Waals surface area (Å²) in [5.41, 5.74) is 0. The molecule has 0 rings (SSSR count). The molecular weight excluding hydrogens is 239 g/mol. The Balaban J connectivity index is -0.0000000267. The summed E-state index contributed by atoms with van der Waals surface area (Å²) in [6.45, 7) is 0. The smallest absolute Gasteiger partial charge is 0.759 e. The van der Waals surface area contributed by atoms with Crippen LogP contribution >= 0.6 is 0 Å². The fraction of sp³-hybridized carbons (Fsp3) is 0. The van der Waals surface area contributed by atoms with Crippen LogP contribution in [-0.2, 0) is 44.5 Å². The van der Waals surface area contributed by atoms with Crippen molar-refractivity contribution in [3.63, 3.8) is 0 Å². The molecule has 0 fully saturated rings. The fourth-order valence-corrected chi connectivity index (χ4v) is 0. The van der Waals surface area contributed by atoms with Gasteiger partial charge in [0.15, 0.2) is 0 Å². The minimum absolute atomic E-state index is 0. The maximum absolute atomic E-state index is 8.52. The molecule has 0 bridgehead atoms. The van der Waals surface area contributed by atoms with Gasteiger partial charge in [0.25, 0.3) is 0 Å². The van der Waals surface area contributed by atoms with Gasteiger partial charge in [0.05, 0.1) is 0 Å². The Bertz CT molecular complexity index is 93.6. The van der Waals surface area contributed by atoms with Crippen molar-refractivity contribution in [3.05, 3.63) is 0 Å². The monoisotopic (exact) mass is 240 g/mol. The Morgan fingerprint density at radius 1 is 1.12 bits per heavy atom. The van der Waals surface area contributed by atoms with Crippen LogP contribution < -0.4 is 0 Å². The third-order valence-electron chi connectivity index (χ3n) is 0. The number of hydrogen-bond donors (Lipinski definition) is 0. The standard InChI is InChI=1S/2Cu.H2O4S.H2O/c;;1-5(2,3)4;/h;;(H2,1,2,3,4);1H2/q;+2;;/p-2. The van der Waals surface area contributed by atoms with Gasteiger partial charge in [-0.15, -0.1) is 0 Å². The zero-order valence-electron chi connectivity index (χ0n) is 3.14. The molecule has 0 aromatic heterocycles. The summed E-state index contributed by atoms with van der Waals surface area (Å²) < 4.78 is 34.1. The average Bonchev–Trinajstić information content (AvgIpc) is 0.722. The molecule has 0 aliphatic carbocycles. The molecule has 0 saturated carbocycles. The molecule has 0 saturated heterocycles. The van der Waals surface area contributed by atoms with Gasteiger partial charge in [-0.05, 0) is 0 Å². The van der Waals surface area contributed by atoms with E-state index in [0.717, 1.165) is 0 Å². The van der Waals surface area contributed by atoms with E-state index in [-0.39, 0.29) is 39.6 Å². The Hall–Kier alpha value is 0.869. The topological polar surface area (TPSA) is 112 Å². The predicted molar refractivity (Wildman–Crippen MR) is 14.1 cm³/mol. The maximum atomic E-state index is 8.52. The van der Waals surface area contributed by atoms with Gasteiger partial charge < -0.3 is 14.6 Å². The van der Waals surface area contributed by atoms with Gasteiger partial charge in [-0.3, -0.25) is 8.42 Å². The van der Waals surface area contributed by atoms with Crippen LogP contribution in [0.1, 0.15) is 0 Å². The summed E-state index contributed by atoms with van der Waals surface area (Å²) in [7, 11) is -5.17. The fourth-order valence-electron chi connectivity index (χ4n) is 0. The van der Waals surface area contributed by atoms with Crippen LogP contribution in [0.2, 0.25) is 0 Å². The van der Waals surface area contributed by atoms with Crippen LogP contribution in [-0.4, -0.2) is 23.0 Å². The van der Waals surface area contributed by atoms with E-state index in [4.69, 9.17) is 17.5 Å². The summed E-state index contributed by atoms with van der Waals surface area (Å²) in [6.07, 6.45) is 0. The minimum Gasteiger partial charge on any atom is -0.759 e. The third-order valence-corrected chi connectivity index (χ3v) is 0. The van der Waals surface area contributed by atoms with E-state index in [9.17, 15) is 0 Å². The normalized spacial score (nSPS) is 7.25. The number of hydrogen-bond acceptors (Lipinski definition) is 4. The van der Waals surface area contributed by atoms with Crippen molar-refractivity contribution >= 4 is 10.4 Å². The second-order valence-corrected chi connectivity index (χ2v) is 1.22. The molecule has 0 spiro atoms. The Kier molecular flexibility index (Phi) is 22.8. The van der Waals surface area contributed by atoms with Crippen LogP contribution in [0.4, 0.5) is 0 Å². The average molecular weight is 241 g/mol. The van der Waals surface area contributed by atoms with Crippen LogP contribution in [0, 0.1) is 0 Å². The van der Waals surface area contributed by atoms with Crippen LogP contribution in [0.25, 0.3) is 0 Å². The first-order valence-electron chi connectivity index (χ1n) is 0.667. The van der Waals surface area contributed by atoms with E-state index in [1.165, 1.54) is 0 Å².